The molecule has 3 aromatic rings. The van der Waals surface area contributed by atoms with Crippen LogP contribution >= 0.6 is 0 Å². The maximum absolute atomic E-state index is 13.0. The molecule has 2 aliphatic rings. The van der Waals surface area contributed by atoms with Gasteiger partial charge in [-0.3, -0.25) is 14.0 Å². The Balaban J connectivity index is 1.38. The van der Waals surface area contributed by atoms with Gasteiger partial charge in [-0.2, -0.15) is 10.2 Å². The molecule has 29 heavy (non-hydrogen) atoms. The highest BCUT2D eigenvalue weighted by Crippen LogP contribution is 2.30. The van der Waals surface area contributed by atoms with Crippen LogP contribution in [-0.4, -0.2) is 47.0 Å². The van der Waals surface area contributed by atoms with E-state index in [1.54, 1.807) is 20.1 Å². The number of aryl methyl sites for hydroxylation is 1. The van der Waals surface area contributed by atoms with Crippen molar-refractivity contribution in [2.75, 3.05) is 0 Å². The molecule has 5 rings (SSSR count). The van der Waals surface area contributed by atoms with E-state index in [0.29, 0.717) is 19.5 Å². The normalized spacial score (nSPS) is 20.5. The number of carbonyl (C=O) groups excluding carboxylic acids is 1. The Bertz CT molecular complexity index is 1100. The molecule has 8 nitrogen and oxygen atoms in total. The minimum absolute atomic E-state index is 0.0393. The van der Waals surface area contributed by atoms with Crippen LogP contribution in [0.2, 0.25) is 0 Å². The third-order valence-corrected chi connectivity index (χ3v) is 5.95. The lowest BCUT2D eigenvalue weighted by Crippen LogP contribution is -2.44. The van der Waals surface area contributed by atoms with E-state index in [-0.39, 0.29) is 30.2 Å². The van der Waals surface area contributed by atoms with Gasteiger partial charge in [0.05, 0.1) is 18.8 Å². The van der Waals surface area contributed by atoms with E-state index < -0.39 is 0 Å². The average Bonchev–Trinajstić information content (AvgIpc) is 3.33. The molecule has 0 N–H and O–H groups in total. The average molecular weight is 392 g/mol. The minimum atomic E-state index is -0.0912. The number of carbonyl (C=O) groups is 1. The topological polar surface area (TPSA) is 78.0 Å². The van der Waals surface area contributed by atoms with E-state index in [2.05, 4.69) is 10.2 Å². The number of amides is 1. The van der Waals surface area contributed by atoms with Crippen LogP contribution in [0.4, 0.5) is 0 Å². The summed E-state index contributed by atoms with van der Waals surface area (Å²) in [6.07, 6.45) is 6.13. The van der Waals surface area contributed by atoms with E-state index in [9.17, 15) is 9.59 Å². The molecule has 0 saturated carbocycles. The lowest BCUT2D eigenvalue weighted by atomic mass is 10.1. The van der Waals surface area contributed by atoms with Crippen LogP contribution in [0.3, 0.4) is 0 Å². The maximum atomic E-state index is 13.0. The van der Waals surface area contributed by atoms with Gasteiger partial charge in [-0.15, -0.1) is 0 Å². The SMILES string of the molecule is Cc1cnn(CC(=O)N2[C@@H]3CC[C@H]2Cc2nn(Cc4ccccc4)c(=O)n2C3)c1. The molecular formula is C21H24N6O2. The van der Waals surface area contributed by atoms with E-state index in [1.165, 1.54) is 0 Å². The first-order chi connectivity index (χ1) is 14.1. The van der Waals surface area contributed by atoms with Gasteiger partial charge in [0.1, 0.15) is 12.4 Å². The van der Waals surface area contributed by atoms with E-state index in [0.717, 1.165) is 29.8 Å². The number of nitrogens with zero attached hydrogens (tertiary/aromatic N) is 6. The predicted octanol–water partition coefficient (Wildman–Crippen LogP) is 1.21. The van der Waals surface area contributed by atoms with Gasteiger partial charge in [0, 0.05) is 25.2 Å². The van der Waals surface area contributed by atoms with Gasteiger partial charge < -0.3 is 4.90 Å². The summed E-state index contributed by atoms with van der Waals surface area (Å²) in [5.74, 6) is 0.849. The molecule has 1 aromatic carbocycles. The smallest absolute Gasteiger partial charge is 0.333 e. The van der Waals surface area contributed by atoms with Gasteiger partial charge in [0.25, 0.3) is 0 Å². The Kier molecular flexibility index (Phi) is 4.34. The third-order valence-electron chi connectivity index (χ3n) is 5.95. The summed E-state index contributed by atoms with van der Waals surface area (Å²) in [6, 6.07) is 10.0. The first-order valence-corrected chi connectivity index (χ1v) is 10.1. The quantitative estimate of drug-likeness (QED) is 0.669. The highest BCUT2D eigenvalue weighted by atomic mass is 16.2. The van der Waals surface area contributed by atoms with Crippen molar-refractivity contribution in [1.82, 2.24) is 29.0 Å². The van der Waals surface area contributed by atoms with E-state index in [4.69, 9.17) is 0 Å². The Morgan fingerprint density at radius 2 is 1.97 bits per heavy atom. The summed E-state index contributed by atoms with van der Waals surface area (Å²) in [7, 11) is 0. The molecule has 1 fully saturated rings. The van der Waals surface area contributed by atoms with Gasteiger partial charge in [0.15, 0.2) is 0 Å². The fourth-order valence-corrected chi connectivity index (χ4v) is 4.62. The molecule has 4 heterocycles. The predicted molar refractivity (Wildman–Crippen MR) is 106 cm³/mol. The zero-order valence-electron chi connectivity index (χ0n) is 16.4. The molecule has 0 radical (unpaired) electrons. The summed E-state index contributed by atoms with van der Waals surface area (Å²) < 4.78 is 5.01. The monoisotopic (exact) mass is 392 g/mol. The summed E-state index contributed by atoms with van der Waals surface area (Å²) in [6.45, 7) is 3.18. The lowest BCUT2D eigenvalue weighted by molar-refractivity contribution is -0.135. The van der Waals surface area contributed by atoms with Gasteiger partial charge in [-0.05, 0) is 30.9 Å². The van der Waals surface area contributed by atoms with Gasteiger partial charge >= 0.3 is 5.69 Å². The molecule has 150 valence electrons. The summed E-state index contributed by atoms with van der Waals surface area (Å²) in [5, 5.41) is 8.85. The molecule has 0 aliphatic carbocycles. The summed E-state index contributed by atoms with van der Waals surface area (Å²) in [5.41, 5.74) is 2.00. The fourth-order valence-electron chi connectivity index (χ4n) is 4.62. The standard InChI is InChI=1S/C21H24N6O2/c1-15-10-22-24(11-15)14-20(28)27-17-7-8-18(27)13-25-19(9-17)23-26(21(25)29)12-16-5-3-2-4-6-16/h2-6,10-11,17-18H,7-9,12-14H2,1H3/t17-,18+/m0/s1. The largest absolute Gasteiger partial charge is 0.346 e. The molecule has 1 amide bonds. The zero-order chi connectivity index (χ0) is 20.0. The summed E-state index contributed by atoms with van der Waals surface area (Å²) >= 11 is 0. The highest BCUT2D eigenvalue weighted by molar-refractivity contribution is 5.77. The zero-order valence-corrected chi connectivity index (χ0v) is 16.4. The van der Waals surface area contributed by atoms with Crippen LogP contribution in [0.5, 0.6) is 0 Å². The van der Waals surface area contributed by atoms with Crippen molar-refractivity contribution < 1.29 is 4.79 Å². The number of rotatable bonds is 4. The number of hydrogen-bond donors (Lipinski definition) is 0. The molecular weight excluding hydrogens is 368 g/mol. The van der Waals surface area contributed by atoms with Crippen LogP contribution in [0.25, 0.3) is 0 Å². The highest BCUT2D eigenvalue weighted by Gasteiger charge is 2.41. The fraction of sp³-hybridized carbons (Fsp3) is 0.429. The third kappa shape index (κ3) is 3.28. The minimum Gasteiger partial charge on any atom is -0.333 e. The number of aromatic nitrogens is 5. The van der Waals surface area contributed by atoms with Crippen LogP contribution in [0.15, 0.2) is 47.5 Å². The Morgan fingerprint density at radius 3 is 2.72 bits per heavy atom. The van der Waals surface area contributed by atoms with E-state index >= 15 is 0 Å². The maximum Gasteiger partial charge on any atom is 0.346 e. The Labute approximate surface area is 168 Å². The van der Waals surface area contributed by atoms with Crippen LogP contribution in [-0.2, 0) is 30.8 Å². The Morgan fingerprint density at radius 1 is 1.17 bits per heavy atom. The number of fused-ring (bicyclic) bond motifs is 3. The number of benzene rings is 1. The van der Waals surface area contributed by atoms with Crippen molar-refractivity contribution >= 4 is 5.91 Å². The molecule has 2 aromatic heterocycles. The molecule has 1 saturated heterocycles. The van der Waals surface area contributed by atoms with E-state index in [1.807, 2.05) is 48.4 Å². The van der Waals surface area contributed by atoms with Crippen molar-refractivity contribution in [1.29, 1.82) is 0 Å². The molecule has 0 spiro atoms. The first kappa shape index (κ1) is 17.9. The van der Waals surface area contributed by atoms with Crippen molar-refractivity contribution in [2.24, 2.45) is 0 Å². The molecule has 0 unspecified atom stereocenters. The van der Waals surface area contributed by atoms with Gasteiger partial charge in [0.2, 0.25) is 5.91 Å². The summed E-state index contributed by atoms with van der Waals surface area (Å²) in [4.78, 5) is 28.0. The molecule has 2 aliphatic heterocycles. The lowest BCUT2D eigenvalue weighted by Gasteiger charge is -2.28. The number of hydrogen-bond acceptors (Lipinski definition) is 4. The van der Waals surface area contributed by atoms with Crippen LogP contribution in [0.1, 0.15) is 29.8 Å². The van der Waals surface area contributed by atoms with Crippen LogP contribution in [0, 0.1) is 6.92 Å². The first-order valence-electron chi connectivity index (χ1n) is 10.1. The second-order valence-electron chi connectivity index (χ2n) is 8.06. The second kappa shape index (κ2) is 7.02. The van der Waals surface area contributed by atoms with Crippen molar-refractivity contribution in [3.63, 3.8) is 0 Å². The van der Waals surface area contributed by atoms with Gasteiger partial charge in [-0.1, -0.05) is 30.3 Å². The van der Waals surface area contributed by atoms with Crippen molar-refractivity contribution in [2.45, 2.75) is 57.9 Å². The molecule has 2 atom stereocenters. The van der Waals surface area contributed by atoms with Crippen molar-refractivity contribution in [3.05, 3.63) is 70.2 Å². The Hall–Kier alpha value is -3.16. The van der Waals surface area contributed by atoms with Gasteiger partial charge in [-0.25, -0.2) is 9.48 Å². The molecule has 8 heteroatoms. The molecule has 2 bridgehead atoms. The van der Waals surface area contributed by atoms with Crippen molar-refractivity contribution in [3.8, 4) is 0 Å². The second-order valence-corrected chi connectivity index (χ2v) is 8.06. The van der Waals surface area contributed by atoms with Crippen LogP contribution < -0.4 is 5.69 Å².